The Morgan fingerprint density at radius 2 is 1.83 bits per heavy atom. The van der Waals surface area contributed by atoms with Crippen molar-refractivity contribution in [1.82, 2.24) is 14.4 Å². The summed E-state index contributed by atoms with van der Waals surface area (Å²) in [6.07, 6.45) is 3.60. The van der Waals surface area contributed by atoms with Gasteiger partial charge >= 0.3 is 0 Å². The van der Waals surface area contributed by atoms with Crippen LogP contribution in [-0.2, 0) is 17.9 Å². The predicted octanol–water partition coefficient (Wildman–Crippen LogP) is 3.98. The summed E-state index contributed by atoms with van der Waals surface area (Å²) >= 11 is 6.84. The molecule has 2 saturated heterocycles. The zero-order valence-corrected chi connectivity index (χ0v) is 22.6. The van der Waals surface area contributed by atoms with E-state index in [1.807, 2.05) is 36.4 Å². The number of anilines is 1. The van der Waals surface area contributed by atoms with Gasteiger partial charge in [0.25, 0.3) is 11.5 Å². The summed E-state index contributed by atoms with van der Waals surface area (Å²) in [4.78, 5) is 33.4. The van der Waals surface area contributed by atoms with E-state index in [1.165, 1.54) is 11.8 Å². The molecule has 2 fully saturated rings. The average molecular weight is 522 g/mol. The minimum absolute atomic E-state index is 0.134. The van der Waals surface area contributed by atoms with Crippen LogP contribution in [0.1, 0.15) is 42.0 Å². The molecule has 7 nitrogen and oxygen atoms in total. The van der Waals surface area contributed by atoms with Gasteiger partial charge in [-0.15, -0.1) is 0 Å². The minimum atomic E-state index is -0.258. The van der Waals surface area contributed by atoms with E-state index in [9.17, 15) is 14.9 Å². The SMILES string of the molecule is CCCCn1c(N2CCN(C)CC2)c(/C=C2/SC(=S)N(Cc3ccccc3)C2=O)c(C)c(C#N)c1=O. The molecule has 1 aromatic carbocycles. The number of likely N-dealkylation sites (N-methyl/N-ethyl adjacent to an activating group) is 1. The number of amides is 1. The maximum absolute atomic E-state index is 13.4. The standard InChI is InChI=1S/C27H31N5O2S2/c1-4-5-11-31-24(30-14-12-29(3)13-15-30)21(19(2)22(17-28)25(31)33)16-23-26(34)32(27(35)36-23)18-20-9-7-6-8-10-20/h6-10,16H,4-5,11-15,18H2,1-3H3/b23-16+. The van der Waals surface area contributed by atoms with E-state index in [4.69, 9.17) is 12.2 Å². The number of aromatic nitrogens is 1. The molecule has 0 radical (unpaired) electrons. The van der Waals surface area contributed by atoms with E-state index in [0.717, 1.165) is 56.0 Å². The first kappa shape index (κ1) is 26.1. The lowest BCUT2D eigenvalue weighted by molar-refractivity contribution is -0.122. The highest BCUT2D eigenvalue weighted by Crippen LogP contribution is 2.36. The van der Waals surface area contributed by atoms with Crippen molar-refractivity contribution in [2.45, 2.75) is 39.8 Å². The van der Waals surface area contributed by atoms with Gasteiger partial charge in [-0.2, -0.15) is 5.26 Å². The normalized spacial score (nSPS) is 17.8. The van der Waals surface area contributed by atoms with Crippen molar-refractivity contribution in [3.05, 3.63) is 67.8 Å². The van der Waals surface area contributed by atoms with Crippen LogP contribution in [0.25, 0.3) is 6.08 Å². The maximum atomic E-state index is 13.4. The smallest absolute Gasteiger partial charge is 0.270 e. The number of nitriles is 1. The molecule has 0 saturated carbocycles. The molecule has 0 bridgehead atoms. The molecule has 2 aliphatic rings. The van der Waals surface area contributed by atoms with Gasteiger partial charge in [0.2, 0.25) is 0 Å². The maximum Gasteiger partial charge on any atom is 0.270 e. The summed E-state index contributed by atoms with van der Waals surface area (Å²) in [5.41, 5.74) is 2.25. The van der Waals surface area contributed by atoms with E-state index in [-0.39, 0.29) is 17.0 Å². The van der Waals surface area contributed by atoms with Gasteiger partial charge in [-0.25, -0.2) is 0 Å². The number of piperazine rings is 1. The van der Waals surface area contributed by atoms with Crippen molar-refractivity contribution in [2.75, 3.05) is 38.1 Å². The molecule has 1 aromatic heterocycles. The van der Waals surface area contributed by atoms with Crippen LogP contribution < -0.4 is 10.5 Å². The van der Waals surface area contributed by atoms with Crippen LogP contribution in [0.5, 0.6) is 0 Å². The topological polar surface area (TPSA) is 72.6 Å². The highest BCUT2D eigenvalue weighted by Gasteiger charge is 2.33. The number of hydrogen-bond donors (Lipinski definition) is 0. The van der Waals surface area contributed by atoms with Crippen LogP contribution in [0.4, 0.5) is 5.82 Å². The number of thiocarbonyl (C=S) groups is 1. The third kappa shape index (κ3) is 5.26. The Hall–Kier alpha value is -2.93. The Morgan fingerprint density at radius 1 is 1.14 bits per heavy atom. The van der Waals surface area contributed by atoms with Crippen LogP contribution in [0.3, 0.4) is 0 Å². The van der Waals surface area contributed by atoms with Crippen LogP contribution in [-0.4, -0.2) is 57.8 Å². The number of carbonyl (C=O) groups is 1. The second kappa shape index (κ2) is 11.4. The van der Waals surface area contributed by atoms with E-state index in [2.05, 4.69) is 29.8 Å². The number of thioether (sulfide) groups is 1. The summed E-state index contributed by atoms with van der Waals surface area (Å²) in [5.74, 6) is 0.647. The average Bonchev–Trinajstić information content (AvgIpc) is 3.14. The summed E-state index contributed by atoms with van der Waals surface area (Å²) in [6.45, 7) is 8.11. The first-order chi connectivity index (χ1) is 17.3. The van der Waals surface area contributed by atoms with Gasteiger partial charge < -0.3 is 9.80 Å². The number of unbranched alkanes of at least 4 members (excludes halogenated alkanes) is 1. The van der Waals surface area contributed by atoms with Crippen molar-refractivity contribution in [3.63, 3.8) is 0 Å². The van der Waals surface area contributed by atoms with E-state index < -0.39 is 0 Å². The van der Waals surface area contributed by atoms with Crippen LogP contribution in [0.2, 0.25) is 0 Å². The molecule has 188 valence electrons. The Labute approximate surface area is 222 Å². The van der Waals surface area contributed by atoms with Crippen LogP contribution >= 0.6 is 24.0 Å². The predicted molar refractivity (Wildman–Crippen MR) is 150 cm³/mol. The van der Waals surface area contributed by atoms with Gasteiger partial charge in [0, 0.05) is 38.3 Å². The molecule has 0 spiro atoms. The van der Waals surface area contributed by atoms with Crippen molar-refractivity contribution >= 4 is 46.1 Å². The third-order valence-corrected chi connectivity index (χ3v) is 8.09. The largest absolute Gasteiger partial charge is 0.355 e. The van der Waals surface area contributed by atoms with Crippen molar-refractivity contribution < 1.29 is 4.79 Å². The fourth-order valence-corrected chi connectivity index (χ4v) is 5.80. The molecule has 9 heteroatoms. The zero-order chi connectivity index (χ0) is 25.8. The molecule has 2 aliphatic heterocycles. The summed E-state index contributed by atoms with van der Waals surface area (Å²) in [5, 5.41) is 9.87. The van der Waals surface area contributed by atoms with Crippen molar-refractivity contribution in [3.8, 4) is 6.07 Å². The molecule has 2 aromatic rings. The first-order valence-corrected chi connectivity index (χ1v) is 13.5. The number of benzene rings is 1. The fourth-order valence-electron chi connectivity index (χ4n) is 4.56. The van der Waals surface area contributed by atoms with Crippen molar-refractivity contribution in [1.29, 1.82) is 5.26 Å². The van der Waals surface area contributed by atoms with Gasteiger partial charge in [-0.3, -0.25) is 19.1 Å². The number of pyridine rings is 1. The molecule has 0 N–H and O–H groups in total. The van der Waals surface area contributed by atoms with Crippen LogP contribution in [0, 0.1) is 18.3 Å². The van der Waals surface area contributed by atoms with Gasteiger partial charge in [-0.1, -0.05) is 67.7 Å². The number of hydrogen-bond acceptors (Lipinski definition) is 7. The molecule has 0 aliphatic carbocycles. The summed E-state index contributed by atoms with van der Waals surface area (Å²) in [7, 11) is 2.09. The quantitative estimate of drug-likeness (QED) is 0.403. The molecule has 3 heterocycles. The molecule has 1 amide bonds. The molecule has 4 rings (SSSR count). The van der Waals surface area contributed by atoms with E-state index in [1.54, 1.807) is 16.4 Å². The molecule has 0 unspecified atom stereocenters. The third-order valence-electron chi connectivity index (χ3n) is 6.72. The Morgan fingerprint density at radius 3 is 2.47 bits per heavy atom. The molecular formula is C27H31N5O2S2. The molecular weight excluding hydrogens is 490 g/mol. The van der Waals surface area contributed by atoms with Gasteiger partial charge in [0.15, 0.2) is 0 Å². The zero-order valence-electron chi connectivity index (χ0n) is 21.0. The highest BCUT2D eigenvalue weighted by atomic mass is 32.2. The second-order valence-electron chi connectivity index (χ2n) is 9.20. The van der Waals surface area contributed by atoms with Gasteiger partial charge in [0.05, 0.1) is 11.4 Å². The Bertz CT molecular complexity index is 1290. The Balaban J connectivity index is 1.82. The number of rotatable bonds is 7. The molecule has 0 atom stereocenters. The first-order valence-electron chi connectivity index (χ1n) is 12.3. The monoisotopic (exact) mass is 521 g/mol. The highest BCUT2D eigenvalue weighted by molar-refractivity contribution is 8.26. The van der Waals surface area contributed by atoms with E-state index in [0.29, 0.717) is 27.9 Å². The minimum Gasteiger partial charge on any atom is -0.355 e. The molecule has 36 heavy (non-hydrogen) atoms. The lowest BCUT2D eigenvalue weighted by Gasteiger charge is -2.36. The van der Waals surface area contributed by atoms with Gasteiger partial charge in [0.1, 0.15) is 21.8 Å². The lowest BCUT2D eigenvalue weighted by Crippen LogP contribution is -2.47. The summed E-state index contributed by atoms with van der Waals surface area (Å²) in [6, 6.07) is 11.9. The summed E-state index contributed by atoms with van der Waals surface area (Å²) < 4.78 is 2.26. The van der Waals surface area contributed by atoms with E-state index >= 15 is 0 Å². The Kier molecular flexibility index (Phi) is 8.29. The second-order valence-corrected chi connectivity index (χ2v) is 10.9. The fraction of sp³-hybridized carbons (Fsp3) is 0.407. The number of carbonyl (C=O) groups excluding carboxylic acids is 1. The lowest BCUT2D eigenvalue weighted by atomic mass is 10.0. The van der Waals surface area contributed by atoms with Crippen molar-refractivity contribution in [2.24, 2.45) is 0 Å². The number of nitrogens with zero attached hydrogens (tertiary/aromatic N) is 5. The van der Waals surface area contributed by atoms with Crippen LogP contribution in [0.15, 0.2) is 40.0 Å². The van der Waals surface area contributed by atoms with Gasteiger partial charge in [-0.05, 0) is 37.6 Å².